The molecule has 0 atom stereocenters. The van der Waals surface area contributed by atoms with Crippen molar-refractivity contribution in [3.63, 3.8) is 0 Å². The molecule has 0 aliphatic carbocycles. The highest BCUT2D eigenvalue weighted by Gasteiger charge is 2.39. The Labute approximate surface area is 157 Å². The molecule has 7 nitrogen and oxygen atoms in total. The lowest BCUT2D eigenvalue weighted by atomic mass is 9.87. The summed E-state index contributed by atoms with van der Waals surface area (Å²) in [5.41, 5.74) is 1.57. The molecule has 2 heterocycles. The molecule has 3 rings (SSSR count). The van der Waals surface area contributed by atoms with Gasteiger partial charge in [0.15, 0.2) is 5.76 Å². The number of urea groups is 1. The number of amides is 2. The number of nitrogens with zero attached hydrogens (tertiary/aromatic N) is 1. The molecular weight excluding hydrogens is 358 g/mol. The van der Waals surface area contributed by atoms with Crippen LogP contribution in [0.1, 0.15) is 29.9 Å². The van der Waals surface area contributed by atoms with E-state index in [9.17, 15) is 4.79 Å². The third kappa shape index (κ3) is 4.17. The average molecular weight is 380 g/mol. The van der Waals surface area contributed by atoms with Gasteiger partial charge in [-0.05, 0) is 25.1 Å². The van der Waals surface area contributed by atoms with Gasteiger partial charge in [-0.15, -0.1) is 0 Å². The maximum Gasteiger partial charge on any atom is 0.320 e. The van der Waals surface area contributed by atoms with Crippen LogP contribution in [0.4, 0.5) is 10.5 Å². The number of halogens is 1. The normalized spacial score (nSPS) is 16.3. The maximum absolute atomic E-state index is 12.7. The van der Waals surface area contributed by atoms with Crippen molar-refractivity contribution in [1.29, 1.82) is 0 Å². The quantitative estimate of drug-likeness (QED) is 0.828. The van der Waals surface area contributed by atoms with E-state index in [1.54, 1.807) is 25.3 Å². The fourth-order valence-corrected chi connectivity index (χ4v) is 3.27. The lowest BCUT2D eigenvalue weighted by Crippen LogP contribution is -2.50. The number of nitrogens with one attached hydrogen (secondary N) is 2. The summed E-state index contributed by atoms with van der Waals surface area (Å²) in [5, 5.41) is 10.5. The molecule has 2 aromatic rings. The van der Waals surface area contributed by atoms with E-state index in [2.05, 4.69) is 15.8 Å². The molecule has 2 N–H and O–H groups in total. The third-order valence-electron chi connectivity index (χ3n) is 4.41. The third-order valence-corrected chi connectivity index (χ3v) is 4.65. The van der Waals surface area contributed by atoms with Crippen LogP contribution in [-0.4, -0.2) is 31.5 Å². The second-order valence-electron chi connectivity index (χ2n) is 6.34. The van der Waals surface area contributed by atoms with Crippen molar-refractivity contribution in [2.24, 2.45) is 0 Å². The number of rotatable bonds is 5. The van der Waals surface area contributed by atoms with Gasteiger partial charge in [0.2, 0.25) is 0 Å². The number of carbonyl (C=O) groups excluding carboxylic acids is 1. The molecule has 0 bridgehead atoms. The van der Waals surface area contributed by atoms with Crippen molar-refractivity contribution in [1.82, 2.24) is 10.5 Å². The summed E-state index contributed by atoms with van der Waals surface area (Å²) in [6, 6.07) is 6.77. The Bertz CT molecular complexity index is 772. The Kier molecular flexibility index (Phi) is 5.80. The van der Waals surface area contributed by atoms with Crippen LogP contribution in [0.5, 0.6) is 0 Å². The topological polar surface area (TPSA) is 85.6 Å². The Morgan fingerprint density at radius 1 is 1.35 bits per heavy atom. The van der Waals surface area contributed by atoms with E-state index in [4.69, 9.17) is 25.6 Å². The number of carbonyl (C=O) groups is 1. The van der Waals surface area contributed by atoms with Crippen LogP contribution in [0.15, 0.2) is 28.8 Å². The predicted molar refractivity (Wildman–Crippen MR) is 97.3 cm³/mol. The smallest absolute Gasteiger partial charge is 0.320 e. The number of hydrogen-bond donors (Lipinski definition) is 2. The summed E-state index contributed by atoms with van der Waals surface area (Å²) in [6.07, 6.45) is 1.22. The van der Waals surface area contributed by atoms with E-state index < -0.39 is 5.54 Å². The van der Waals surface area contributed by atoms with Gasteiger partial charge in [0.05, 0.1) is 12.3 Å². The summed E-state index contributed by atoms with van der Waals surface area (Å²) >= 11 is 6.03. The molecule has 1 aromatic carbocycles. The van der Waals surface area contributed by atoms with Crippen molar-refractivity contribution >= 4 is 23.3 Å². The highest BCUT2D eigenvalue weighted by molar-refractivity contribution is 6.30. The molecule has 0 unspecified atom stereocenters. The van der Waals surface area contributed by atoms with Crippen molar-refractivity contribution in [2.45, 2.75) is 31.9 Å². The average Bonchev–Trinajstić information content (AvgIpc) is 3.05. The van der Waals surface area contributed by atoms with E-state index in [0.29, 0.717) is 49.1 Å². The zero-order chi connectivity index (χ0) is 18.6. The minimum Gasteiger partial charge on any atom is -0.381 e. The number of methoxy groups -OCH3 is 1. The molecule has 1 aromatic heterocycles. The minimum absolute atomic E-state index is 0.333. The largest absolute Gasteiger partial charge is 0.381 e. The summed E-state index contributed by atoms with van der Waals surface area (Å²) < 4.78 is 16.1. The number of benzene rings is 1. The fourth-order valence-electron chi connectivity index (χ4n) is 3.07. The summed E-state index contributed by atoms with van der Waals surface area (Å²) in [7, 11) is 1.59. The van der Waals surface area contributed by atoms with Gasteiger partial charge in [0.25, 0.3) is 0 Å². The van der Waals surface area contributed by atoms with Gasteiger partial charge in [-0.25, -0.2) is 4.79 Å². The number of hydrogen-bond acceptors (Lipinski definition) is 5. The Morgan fingerprint density at radius 2 is 2.12 bits per heavy atom. The molecule has 26 heavy (non-hydrogen) atoms. The zero-order valence-electron chi connectivity index (χ0n) is 14.8. The second kappa shape index (κ2) is 8.07. The fraction of sp³-hybridized carbons (Fsp3) is 0.444. The molecule has 140 valence electrons. The molecule has 8 heteroatoms. The number of ether oxygens (including phenoxy) is 2. The van der Waals surface area contributed by atoms with Crippen molar-refractivity contribution in [3.05, 3.63) is 46.3 Å². The van der Waals surface area contributed by atoms with Gasteiger partial charge in [0.1, 0.15) is 5.54 Å². The second-order valence-corrected chi connectivity index (χ2v) is 6.78. The number of anilines is 1. The van der Waals surface area contributed by atoms with Crippen LogP contribution in [0.2, 0.25) is 5.02 Å². The van der Waals surface area contributed by atoms with Gasteiger partial charge in [-0.3, -0.25) is 0 Å². The van der Waals surface area contributed by atoms with E-state index in [0.717, 1.165) is 11.3 Å². The van der Waals surface area contributed by atoms with E-state index in [1.807, 2.05) is 13.0 Å². The van der Waals surface area contributed by atoms with Crippen LogP contribution >= 0.6 is 11.6 Å². The van der Waals surface area contributed by atoms with Crippen molar-refractivity contribution < 1.29 is 18.8 Å². The molecule has 1 fully saturated rings. The highest BCUT2D eigenvalue weighted by Crippen LogP contribution is 2.33. The van der Waals surface area contributed by atoms with Crippen LogP contribution in [0, 0.1) is 6.92 Å². The molecule has 0 radical (unpaired) electrons. The monoisotopic (exact) mass is 379 g/mol. The van der Waals surface area contributed by atoms with Gasteiger partial charge in [0, 0.05) is 55.5 Å². The van der Waals surface area contributed by atoms with Gasteiger partial charge in [-0.2, -0.15) is 0 Å². The van der Waals surface area contributed by atoms with E-state index >= 15 is 0 Å². The first kappa shape index (κ1) is 18.7. The Hall–Kier alpha value is -2.09. The summed E-state index contributed by atoms with van der Waals surface area (Å²) in [4.78, 5) is 12.7. The Morgan fingerprint density at radius 3 is 2.77 bits per heavy atom. The predicted octanol–water partition coefficient (Wildman–Crippen LogP) is 3.61. The van der Waals surface area contributed by atoms with Gasteiger partial charge < -0.3 is 24.6 Å². The lowest BCUT2D eigenvalue weighted by molar-refractivity contribution is 0.0307. The SMILES string of the molecule is COCc1cc(Cl)ccc1NC(=O)NC1(c2cc(C)no2)CCOCC1. The first-order valence-corrected chi connectivity index (χ1v) is 8.78. The van der Waals surface area contributed by atoms with Gasteiger partial charge >= 0.3 is 6.03 Å². The van der Waals surface area contributed by atoms with Crippen LogP contribution in [0.25, 0.3) is 0 Å². The molecule has 0 spiro atoms. The summed E-state index contributed by atoms with van der Waals surface area (Å²) in [5.74, 6) is 0.640. The Balaban J connectivity index is 1.79. The molecule has 0 saturated carbocycles. The van der Waals surface area contributed by atoms with Gasteiger partial charge in [-0.1, -0.05) is 16.8 Å². The number of aromatic nitrogens is 1. The standard InChI is InChI=1S/C18H22ClN3O4/c1-12-9-16(26-22-12)18(5-7-25-8-6-18)21-17(23)20-15-4-3-14(19)10-13(15)11-24-2/h3-4,9-10H,5-8,11H2,1-2H3,(H2,20,21,23). The first-order valence-electron chi connectivity index (χ1n) is 8.40. The van der Waals surface area contributed by atoms with Crippen molar-refractivity contribution in [3.8, 4) is 0 Å². The highest BCUT2D eigenvalue weighted by atomic mass is 35.5. The van der Waals surface area contributed by atoms with Crippen LogP contribution in [-0.2, 0) is 21.6 Å². The van der Waals surface area contributed by atoms with E-state index in [-0.39, 0.29) is 6.03 Å². The molecule has 1 aliphatic heterocycles. The first-order chi connectivity index (χ1) is 12.5. The zero-order valence-corrected chi connectivity index (χ0v) is 15.6. The van der Waals surface area contributed by atoms with Crippen molar-refractivity contribution in [2.75, 3.05) is 25.6 Å². The van der Waals surface area contributed by atoms with Crippen LogP contribution in [0.3, 0.4) is 0 Å². The maximum atomic E-state index is 12.7. The van der Waals surface area contributed by atoms with Crippen LogP contribution < -0.4 is 10.6 Å². The van der Waals surface area contributed by atoms with E-state index in [1.165, 1.54) is 0 Å². The number of aryl methyl sites for hydroxylation is 1. The molecular formula is C18H22ClN3O4. The summed E-state index contributed by atoms with van der Waals surface area (Å²) in [6.45, 7) is 3.27. The minimum atomic E-state index is -0.641. The molecule has 1 aliphatic rings. The molecule has 2 amide bonds. The molecule has 1 saturated heterocycles. The lowest BCUT2D eigenvalue weighted by Gasteiger charge is -2.35.